The van der Waals surface area contributed by atoms with Crippen LogP contribution in [0.4, 0.5) is 0 Å². The molecule has 50 heavy (non-hydrogen) atoms. The molecule has 3 aromatic heterocycles. The Kier molecular flexibility index (Phi) is 6.64. The summed E-state index contributed by atoms with van der Waals surface area (Å²) < 4.78 is 8.79. The zero-order valence-corrected chi connectivity index (χ0v) is 27.6. The minimum Gasteiger partial charge on any atom is -0.456 e. The highest BCUT2D eigenvalue weighted by Crippen LogP contribution is 2.44. The van der Waals surface area contributed by atoms with Crippen molar-refractivity contribution >= 4 is 53.4 Å². The normalized spacial score (nSPS) is 11.6. The maximum Gasteiger partial charge on any atom is 0.164 e. The van der Waals surface area contributed by atoms with Gasteiger partial charge in [0, 0.05) is 47.6 Å². The summed E-state index contributed by atoms with van der Waals surface area (Å²) in [5.41, 5.74) is 9.21. The third-order valence-corrected chi connectivity index (χ3v) is 10.6. The van der Waals surface area contributed by atoms with E-state index in [4.69, 9.17) is 19.4 Å². The van der Waals surface area contributed by atoms with Gasteiger partial charge in [0.2, 0.25) is 0 Å². The van der Waals surface area contributed by atoms with Crippen molar-refractivity contribution in [2.24, 2.45) is 0 Å². The molecule has 5 heteroatoms. The summed E-state index contributed by atoms with van der Waals surface area (Å²) in [5.74, 6) is 1.85. The Morgan fingerprint density at radius 1 is 0.360 bits per heavy atom. The van der Waals surface area contributed by atoms with E-state index >= 15 is 0 Å². The number of thiophene rings is 1. The van der Waals surface area contributed by atoms with E-state index in [0.717, 1.165) is 44.2 Å². The largest absolute Gasteiger partial charge is 0.456 e. The Balaban J connectivity index is 1.16. The lowest BCUT2D eigenvalue weighted by Gasteiger charge is -2.10. The maximum absolute atomic E-state index is 6.23. The van der Waals surface area contributed by atoms with Crippen LogP contribution in [0.15, 0.2) is 168 Å². The number of aromatic nitrogens is 3. The third kappa shape index (κ3) is 4.71. The van der Waals surface area contributed by atoms with Gasteiger partial charge in [-0.1, -0.05) is 146 Å². The summed E-state index contributed by atoms with van der Waals surface area (Å²) in [6.07, 6.45) is 0. The number of benzene rings is 7. The van der Waals surface area contributed by atoms with Crippen molar-refractivity contribution in [1.82, 2.24) is 15.0 Å². The second kappa shape index (κ2) is 11.6. The van der Waals surface area contributed by atoms with Crippen molar-refractivity contribution in [3.63, 3.8) is 0 Å². The van der Waals surface area contributed by atoms with E-state index in [0.29, 0.717) is 17.5 Å². The molecule has 7 aromatic carbocycles. The van der Waals surface area contributed by atoms with E-state index in [2.05, 4.69) is 103 Å². The first-order valence-electron chi connectivity index (χ1n) is 16.6. The minimum atomic E-state index is 0.608. The van der Waals surface area contributed by atoms with Gasteiger partial charge < -0.3 is 4.42 Å². The highest BCUT2D eigenvalue weighted by molar-refractivity contribution is 7.26. The first kappa shape index (κ1) is 28.6. The highest BCUT2D eigenvalue weighted by Gasteiger charge is 2.19. The second-order valence-corrected chi connectivity index (χ2v) is 13.4. The van der Waals surface area contributed by atoms with Crippen LogP contribution in [0, 0.1) is 0 Å². The van der Waals surface area contributed by atoms with E-state index in [-0.39, 0.29) is 0 Å². The molecular formula is C45H27N3OS. The third-order valence-electron chi connectivity index (χ3n) is 9.35. The lowest BCUT2D eigenvalue weighted by Crippen LogP contribution is -2.00. The molecule has 0 saturated carbocycles. The van der Waals surface area contributed by atoms with Crippen LogP contribution >= 0.6 is 11.3 Å². The molecule has 0 spiro atoms. The Morgan fingerprint density at radius 3 is 1.62 bits per heavy atom. The number of rotatable bonds is 5. The van der Waals surface area contributed by atoms with E-state index < -0.39 is 0 Å². The molecule has 3 heterocycles. The fourth-order valence-electron chi connectivity index (χ4n) is 7.02. The minimum absolute atomic E-state index is 0.608. The first-order valence-corrected chi connectivity index (χ1v) is 17.4. The van der Waals surface area contributed by atoms with Crippen molar-refractivity contribution in [2.45, 2.75) is 0 Å². The van der Waals surface area contributed by atoms with Crippen LogP contribution < -0.4 is 0 Å². The molecule has 0 N–H and O–H groups in total. The summed E-state index contributed by atoms with van der Waals surface area (Å²) in [4.78, 5) is 15.3. The van der Waals surface area contributed by atoms with Crippen molar-refractivity contribution in [3.05, 3.63) is 164 Å². The van der Waals surface area contributed by atoms with Gasteiger partial charge in [0.1, 0.15) is 11.2 Å². The Morgan fingerprint density at radius 2 is 0.860 bits per heavy atom. The molecule has 0 aliphatic heterocycles. The van der Waals surface area contributed by atoms with Crippen molar-refractivity contribution in [2.75, 3.05) is 0 Å². The molecule has 0 saturated heterocycles. The number of nitrogens with zero attached hydrogens (tertiary/aromatic N) is 3. The van der Waals surface area contributed by atoms with E-state index in [1.807, 2.05) is 72.0 Å². The summed E-state index contributed by atoms with van der Waals surface area (Å²) in [7, 11) is 0. The highest BCUT2D eigenvalue weighted by atomic mass is 32.1. The van der Waals surface area contributed by atoms with E-state index in [1.54, 1.807) is 0 Å². The number of hydrogen-bond acceptors (Lipinski definition) is 5. The van der Waals surface area contributed by atoms with Crippen LogP contribution in [0.1, 0.15) is 0 Å². The molecule has 0 atom stereocenters. The molecule has 0 amide bonds. The predicted octanol–water partition coefficient (Wildman–Crippen LogP) is 12.5. The van der Waals surface area contributed by atoms with Gasteiger partial charge in [0.15, 0.2) is 17.5 Å². The van der Waals surface area contributed by atoms with Gasteiger partial charge in [-0.25, -0.2) is 15.0 Å². The molecule has 0 unspecified atom stereocenters. The maximum atomic E-state index is 6.23. The van der Waals surface area contributed by atoms with Gasteiger partial charge in [0.05, 0.1) is 0 Å². The average Bonchev–Trinajstić information content (AvgIpc) is 3.77. The Bertz CT molecular complexity index is 2870. The molecule has 4 nitrogen and oxygen atoms in total. The molecule has 0 aliphatic carbocycles. The quantitative estimate of drug-likeness (QED) is 0.185. The van der Waals surface area contributed by atoms with Crippen LogP contribution in [-0.2, 0) is 0 Å². The average molecular weight is 658 g/mol. The summed E-state index contributed by atoms with van der Waals surface area (Å²) in [5, 5.41) is 4.58. The van der Waals surface area contributed by atoms with E-state index in [9.17, 15) is 0 Å². The van der Waals surface area contributed by atoms with Crippen LogP contribution in [0.3, 0.4) is 0 Å². The molecule has 234 valence electrons. The fraction of sp³-hybridized carbons (Fsp3) is 0. The molecular weight excluding hydrogens is 631 g/mol. The van der Waals surface area contributed by atoms with Gasteiger partial charge in [-0.3, -0.25) is 0 Å². The SMILES string of the molecule is c1ccc(-c2nc(-c3cccc(-c4cccc5c4sc4c(-c6ccccc6)cccc45)c3)nc(-c3cccc4oc5ccccc5c34)n2)cc1. The predicted molar refractivity (Wildman–Crippen MR) is 207 cm³/mol. The van der Waals surface area contributed by atoms with Crippen LogP contribution in [0.2, 0.25) is 0 Å². The number of para-hydroxylation sites is 1. The van der Waals surface area contributed by atoms with Crippen molar-refractivity contribution in [1.29, 1.82) is 0 Å². The zero-order valence-electron chi connectivity index (χ0n) is 26.7. The van der Waals surface area contributed by atoms with Gasteiger partial charge in [-0.05, 0) is 40.5 Å². The first-order chi connectivity index (χ1) is 24.8. The molecule has 10 rings (SSSR count). The Hall–Kier alpha value is -6.43. The van der Waals surface area contributed by atoms with Crippen LogP contribution in [-0.4, -0.2) is 15.0 Å². The van der Waals surface area contributed by atoms with Crippen LogP contribution in [0.25, 0.3) is 98.5 Å². The lowest BCUT2D eigenvalue weighted by molar-refractivity contribution is 0.669. The molecule has 0 bridgehead atoms. The second-order valence-electron chi connectivity index (χ2n) is 12.4. The van der Waals surface area contributed by atoms with Gasteiger partial charge >= 0.3 is 0 Å². The van der Waals surface area contributed by atoms with Gasteiger partial charge in [-0.15, -0.1) is 11.3 Å². The standard InChI is InChI=1S/C45H27N3OS/c1-3-13-28(14-4-1)32-20-10-22-34-35-23-11-21-33(42(35)50-41(32)34)30-17-9-18-31(27-30)44-46-43(29-15-5-2-6-16-29)47-45(48-44)37-24-12-26-39-40(37)36-19-7-8-25-38(36)49-39/h1-27H. The van der Waals surface area contributed by atoms with Crippen LogP contribution in [0.5, 0.6) is 0 Å². The van der Waals surface area contributed by atoms with Crippen molar-refractivity contribution in [3.8, 4) is 56.4 Å². The van der Waals surface area contributed by atoms with E-state index in [1.165, 1.54) is 36.9 Å². The van der Waals surface area contributed by atoms with Gasteiger partial charge in [-0.2, -0.15) is 0 Å². The summed E-state index contributed by atoms with van der Waals surface area (Å²) in [6.45, 7) is 0. The molecule has 0 aliphatic rings. The number of hydrogen-bond donors (Lipinski definition) is 0. The molecule has 0 fully saturated rings. The number of furan rings is 1. The van der Waals surface area contributed by atoms with Crippen molar-refractivity contribution < 1.29 is 4.42 Å². The summed E-state index contributed by atoms with van der Waals surface area (Å²) in [6, 6.07) is 56.8. The number of fused-ring (bicyclic) bond motifs is 6. The smallest absolute Gasteiger partial charge is 0.164 e. The Labute approximate surface area is 292 Å². The lowest BCUT2D eigenvalue weighted by atomic mass is 9.99. The topological polar surface area (TPSA) is 51.8 Å². The zero-order chi connectivity index (χ0) is 33.0. The fourth-order valence-corrected chi connectivity index (χ4v) is 8.39. The monoisotopic (exact) mass is 657 g/mol. The molecule has 0 radical (unpaired) electrons. The van der Waals surface area contributed by atoms with Gasteiger partial charge in [0.25, 0.3) is 0 Å². The molecule has 10 aromatic rings. The summed E-state index contributed by atoms with van der Waals surface area (Å²) >= 11 is 1.86.